The summed E-state index contributed by atoms with van der Waals surface area (Å²) in [5.74, 6) is -0.863. The van der Waals surface area contributed by atoms with Gasteiger partial charge < -0.3 is 14.7 Å². The van der Waals surface area contributed by atoms with Gasteiger partial charge in [-0.3, -0.25) is 4.79 Å². The fraction of sp³-hybridized carbons (Fsp3) is 0.273. The monoisotopic (exact) mass is 221 g/mol. The maximum atomic E-state index is 11.5. The molecule has 1 aliphatic heterocycles. The topological polar surface area (TPSA) is 66.8 Å². The maximum Gasteiger partial charge on any atom is 0.415 e. The molecule has 16 heavy (non-hydrogen) atoms. The first-order valence-electron chi connectivity index (χ1n) is 4.91. The molecule has 1 fully saturated rings. The first-order chi connectivity index (χ1) is 7.66. The summed E-state index contributed by atoms with van der Waals surface area (Å²) >= 11 is 0. The van der Waals surface area contributed by atoms with Gasteiger partial charge in [-0.2, -0.15) is 0 Å². The van der Waals surface area contributed by atoms with Gasteiger partial charge in [0.05, 0.1) is 5.92 Å². The van der Waals surface area contributed by atoms with Crippen LogP contribution in [-0.4, -0.2) is 35.2 Å². The predicted molar refractivity (Wildman–Crippen MR) is 55.2 cm³/mol. The van der Waals surface area contributed by atoms with Crippen LogP contribution in [0.3, 0.4) is 0 Å². The van der Waals surface area contributed by atoms with Gasteiger partial charge in [0.2, 0.25) is 0 Å². The number of carboxylic acid groups (broad SMARTS) is 1. The number of para-hydroxylation sites is 1. The zero-order valence-corrected chi connectivity index (χ0v) is 8.50. The van der Waals surface area contributed by atoms with Crippen molar-refractivity contribution in [2.24, 2.45) is 5.92 Å². The molecule has 84 valence electrons. The van der Waals surface area contributed by atoms with E-state index in [2.05, 4.69) is 0 Å². The predicted octanol–water partition coefficient (Wildman–Crippen LogP) is 1.20. The number of amides is 1. The number of likely N-dealkylation sites (tertiary alicyclic amines) is 1. The van der Waals surface area contributed by atoms with Crippen molar-refractivity contribution in [3.63, 3.8) is 0 Å². The summed E-state index contributed by atoms with van der Waals surface area (Å²) in [5, 5.41) is 8.64. The number of hydrogen-bond acceptors (Lipinski definition) is 3. The van der Waals surface area contributed by atoms with E-state index in [9.17, 15) is 9.59 Å². The van der Waals surface area contributed by atoms with Crippen molar-refractivity contribution in [1.29, 1.82) is 0 Å². The number of carboxylic acids is 1. The zero-order valence-electron chi connectivity index (χ0n) is 8.50. The number of benzene rings is 1. The average Bonchev–Trinajstić information content (AvgIpc) is 2.15. The molecule has 0 unspecified atom stereocenters. The molecule has 1 amide bonds. The third-order valence-electron chi connectivity index (χ3n) is 2.44. The molecule has 1 saturated heterocycles. The first-order valence-corrected chi connectivity index (χ1v) is 4.91. The molecule has 0 saturated carbocycles. The van der Waals surface area contributed by atoms with E-state index in [1.54, 1.807) is 24.3 Å². The summed E-state index contributed by atoms with van der Waals surface area (Å²) in [7, 11) is 0. The number of rotatable bonds is 2. The SMILES string of the molecule is O=C(O)C1CN(C(=O)Oc2ccccc2)C1. The number of aliphatic carboxylic acids is 1. The second-order valence-corrected chi connectivity index (χ2v) is 3.62. The molecular weight excluding hydrogens is 210 g/mol. The van der Waals surface area contributed by atoms with Gasteiger partial charge in [-0.25, -0.2) is 4.79 Å². The summed E-state index contributed by atoms with van der Waals surface area (Å²) in [6, 6.07) is 8.69. The molecule has 1 heterocycles. The summed E-state index contributed by atoms with van der Waals surface area (Å²) < 4.78 is 5.04. The number of carbonyl (C=O) groups is 2. The maximum absolute atomic E-state index is 11.5. The van der Waals surface area contributed by atoms with Crippen LogP contribution >= 0.6 is 0 Å². The zero-order chi connectivity index (χ0) is 11.5. The molecule has 0 aliphatic carbocycles. The van der Waals surface area contributed by atoms with Crippen LogP contribution in [0.4, 0.5) is 4.79 Å². The van der Waals surface area contributed by atoms with Crippen molar-refractivity contribution < 1.29 is 19.4 Å². The van der Waals surface area contributed by atoms with E-state index < -0.39 is 18.0 Å². The van der Waals surface area contributed by atoms with Gasteiger partial charge in [0.25, 0.3) is 0 Å². The quantitative estimate of drug-likeness (QED) is 0.814. The van der Waals surface area contributed by atoms with Crippen LogP contribution in [0, 0.1) is 5.92 Å². The molecule has 1 aliphatic rings. The smallest absolute Gasteiger partial charge is 0.415 e. The number of nitrogens with zero attached hydrogens (tertiary/aromatic N) is 1. The van der Waals surface area contributed by atoms with E-state index >= 15 is 0 Å². The van der Waals surface area contributed by atoms with Crippen molar-refractivity contribution in [3.05, 3.63) is 30.3 Å². The molecule has 0 aromatic heterocycles. The standard InChI is InChI=1S/C11H11NO4/c13-10(14)8-6-12(7-8)11(15)16-9-4-2-1-3-5-9/h1-5,8H,6-7H2,(H,13,14). The van der Waals surface area contributed by atoms with Crippen molar-refractivity contribution in [2.45, 2.75) is 0 Å². The second-order valence-electron chi connectivity index (χ2n) is 3.62. The molecule has 5 heteroatoms. The van der Waals surface area contributed by atoms with E-state index in [1.807, 2.05) is 6.07 Å². The minimum Gasteiger partial charge on any atom is -0.481 e. The number of hydrogen-bond donors (Lipinski definition) is 1. The molecule has 0 atom stereocenters. The highest BCUT2D eigenvalue weighted by atomic mass is 16.6. The lowest BCUT2D eigenvalue weighted by Gasteiger charge is -2.35. The molecular formula is C11H11NO4. The Balaban J connectivity index is 1.85. The van der Waals surface area contributed by atoms with Gasteiger partial charge in [0.1, 0.15) is 5.75 Å². The van der Waals surface area contributed by atoms with E-state index in [0.717, 1.165) is 0 Å². The van der Waals surface area contributed by atoms with Crippen molar-refractivity contribution in [3.8, 4) is 5.75 Å². The Kier molecular flexibility index (Phi) is 2.76. The lowest BCUT2D eigenvalue weighted by molar-refractivity contribution is -0.146. The Bertz CT molecular complexity index is 398. The van der Waals surface area contributed by atoms with Crippen LogP contribution in [0.1, 0.15) is 0 Å². The van der Waals surface area contributed by atoms with Gasteiger partial charge >= 0.3 is 12.1 Å². The number of ether oxygens (including phenoxy) is 1. The van der Waals surface area contributed by atoms with Crippen LogP contribution < -0.4 is 4.74 Å². The molecule has 5 nitrogen and oxygen atoms in total. The van der Waals surface area contributed by atoms with Gasteiger partial charge in [0, 0.05) is 13.1 Å². The van der Waals surface area contributed by atoms with E-state index in [1.165, 1.54) is 4.90 Å². The molecule has 0 spiro atoms. The van der Waals surface area contributed by atoms with E-state index in [-0.39, 0.29) is 13.1 Å². The van der Waals surface area contributed by atoms with Crippen molar-refractivity contribution in [1.82, 2.24) is 4.90 Å². The molecule has 1 aromatic carbocycles. The molecule has 0 bridgehead atoms. The lowest BCUT2D eigenvalue weighted by atomic mass is 10.0. The fourth-order valence-electron chi connectivity index (χ4n) is 1.44. The second kappa shape index (κ2) is 4.22. The average molecular weight is 221 g/mol. The Morgan fingerprint density at radius 2 is 1.88 bits per heavy atom. The molecule has 2 rings (SSSR count). The summed E-state index contributed by atoms with van der Waals surface area (Å²) in [6.45, 7) is 0.446. The summed E-state index contributed by atoms with van der Waals surface area (Å²) in [6.07, 6.45) is -0.497. The number of carbonyl (C=O) groups excluding carboxylic acids is 1. The summed E-state index contributed by atoms with van der Waals surface area (Å²) in [4.78, 5) is 23.4. The lowest BCUT2D eigenvalue weighted by Crippen LogP contribution is -2.53. The van der Waals surface area contributed by atoms with E-state index in [0.29, 0.717) is 5.75 Å². The van der Waals surface area contributed by atoms with E-state index in [4.69, 9.17) is 9.84 Å². The van der Waals surface area contributed by atoms with Gasteiger partial charge in [-0.1, -0.05) is 18.2 Å². The fourth-order valence-corrected chi connectivity index (χ4v) is 1.44. The third kappa shape index (κ3) is 2.13. The normalized spacial score (nSPS) is 15.4. The minimum atomic E-state index is -0.872. The molecule has 1 N–H and O–H groups in total. The van der Waals surface area contributed by atoms with Crippen LogP contribution in [-0.2, 0) is 4.79 Å². The Hall–Kier alpha value is -2.04. The van der Waals surface area contributed by atoms with Gasteiger partial charge in [0.15, 0.2) is 0 Å². The highest BCUT2D eigenvalue weighted by molar-refractivity contribution is 5.77. The largest absolute Gasteiger partial charge is 0.481 e. The summed E-state index contributed by atoms with van der Waals surface area (Å²) in [5.41, 5.74) is 0. The van der Waals surface area contributed by atoms with Crippen LogP contribution in [0.25, 0.3) is 0 Å². The Morgan fingerprint density at radius 1 is 1.25 bits per heavy atom. The first kappa shape index (κ1) is 10.5. The van der Waals surface area contributed by atoms with Crippen molar-refractivity contribution in [2.75, 3.05) is 13.1 Å². The van der Waals surface area contributed by atoms with Crippen LogP contribution in [0.5, 0.6) is 5.75 Å². The molecule has 1 aromatic rings. The Morgan fingerprint density at radius 3 is 2.44 bits per heavy atom. The van der Waals surface area contributed by atoms with Crippen molar-refractivity contribution >= 4 is 12.1 Å². The van der Waals surface area contributed by atoms with Crippen LogP contribution in [0.2, 0.25) is 0 Å². The van der Waals surface area contributed by atoms with Crippen LogP contribution in [0.15, 0.2) is 30.3 Å². The highest BCUT2D eigenvalue weighted by Crippen LogP contribution is 2.18. The molecule has 0 radical (unpaired) electrons. The van der Waals surface area contributed by atoms with Gasteiger partial charge in [-0.15, -0.1) is 0 Å². The highest BCUT2D eigenvalue weighted by Gasteiger charge is 2.36. The third-order valence-corrected chi connectivity index (χ3v) is 2.44. The minimum absolute atomic E-state index is 0.223. The van der Waals surface area contributed by atoms with Gasteiger partial charge in [-0.05, 0) is 12.1 Å². The Labute approximate surface area is 92.2 Å².